The Morgan fingerprint density at radius 1 is 0.930 bits per heavy atom. The summed E-state index contributed by atoms with van der Waals surface area (Å²) in [5.41, 5.74) is 0.752. The van der Waals surface area contributed by atoms with Gasteiger partial charge in [-0.2, -0.15) is 8.42 Å². The first kappa shape index (κ1) is 34.8. The van der Waals surface area contributed by atoms with Crippen LogP contribution >= 0.6 is 23.1 Å². The molecular formula is C28H34F2N3O6S4+. The van der Waals surface area contributed by atoms with Crippen molar-refractivity contribution in [1.82, 2.24) is 4.90 Å². The molecule has 0 bridgehead atoms. The predicted molar refractivity (Wildman–Crippen MR) is 169 cm³/mol. The maximum Gasteiger partial charge on any atom is 0.513 e. The van der Waals surface area contributed by atoms with Gasteiger partial charge in [-0.25, -0.2) is 17.6 Å². The Labute approximate surface area is 259 Å². The molecule has 0 spiro atoms. The van der Waals surface area contributed by atoms with E-state index in [1.54, 1.807) is 0 Å². The largest absolute Gasteiger partial charge is 0.513 e. The predicted octanol–water partition coefficient (Wildman–Crippen LogP) is 6.24. The number of hydrogen-bond acceptors (Lipinski definition) is 7. The van der Waals surface area contributed by atoms with Gasteiger partial charge < -0.3 is 4.90 Å². The molecule has 0 aliphatic carbocycles. The van der Waals surface area contributed by atoms with E-state index in [0.29, 0.717) is 32.3 Å². The third-order valence-corrected chi connectivity index (χ3v) is 10.4. The number of aryl methyl sites for hydroxylation is 1. The van der Waals surface area contributed by atoms with Gasteiger partial charge in [-0.05, 0) is 66.4 Å². The quantitative estimate of drug-likeness (QED) is 0.147. The lowest BCUT2D eigenvalue weighted by molar-refractivity contribution is -0.486. The highest BCUT2D eigenvalue weighted by Gasteiger charge is 2.34. The van der Waals surface area contributed by atoms with E-state index in [4.69, 9.17) is 0 Å². The van der Waals surface area contributed by atoms with Gasteiger partial charge in [0.05, 0.1) is 10.7 Å². The van der Waals surface area contributed by atoms with Gasteiger partial charge in [0.25, 0.3) is 5.01 Å². The maximum atomic E-state index is 14.1. The van der Waals surface area contributed by atoms with Crippen LogP contribution in [0.25, 0.3) is 16.3 Å². The van der Waals surface area contributed by atoms with Crippen molar-refractivity contribution in [2.45, 2.75) is 45.4 Å². The minimum Gasteiger partial charge on any atom is -0.304 e. The number of allylic oxidation sites excluding steroid dienone is 4. The Kier molecular flexibility index (Phi) is 12.1. The molecule has 0 saturated heterocycles. The number of anilines is 1. The van der Waals surface area contributed by atoms with Crippen LogP contribution in [0, 0.1) is 11.6 Å². The van der Waals surface area contributed by atoms with Crippen molar-refractivity contribution in [3.8, 4) is 0 Å². The van der Waals surface area contributed by atoms with Gasteiger partial charge in [-0.1, -0.05) is 75.4 Å². The molecule has 4 rings (SSSR count). The standard InChI is InChI=1S/C22H18F2N2O6S4.C6H15N/c1-2-6-14-11-16(24)13-19-22(14)26(36(30,31)32)21(34-19)8-5-3-4-7-20-25(35(27,28)29)17-10-9-15(23)12-18(17)33-20;1-4-7(5-2)6-3/h3-5,7-13H,2,6H2,1H3,(H-,27,28,29,30,31,32);4-6H2,1-3H3/p+1. The molecule has 234 valence electrons. The highest BCUT2D eigenvalue weighted by Crippen LogP contribution is 2.47. The average molecular weight is 675 g/mol. The second kappa shape index (κ2) is 14.9. The molecule has 1 aliphatic heterocycles. The number of benzene rings is 2. The molecular weight excluding hydrogens is 641 g/mol. The van der Waals surface area contributed by atoms with Gasteiger partial charge in [0.15, 0.2) is 0 Å². The average Bonchev–Trinajstić information content (AvgIpc) is 3.47. The number of thiazole rings is 1. The molecule has 0 unspecified atom stereocenters. The minimum absolute atomic E-state index is 0.0947. The van der Waals surface area contributed by atoms with E-state index in [9.17, 15) is 34.7 Å². The normalized spacial score (nSPS) is 14.8. The number of thioether (sulfide) groups is 1. The molecule has 9 nitrogen and oxygen atoms in total. The Hall–Kier alpha value is -2.66. The first-order chi connectivity index (χ1) is 20.2. The van der Waals surface area contributed by atoms with Crippen LogP contribution in [0.15, 0.2) is 64.6 Å². The van der Waals surface area contributed by atoms with E-state index in [1.165, 1.54) is 68.2 Å². The fourth-order valence-electron chi connectivity index (χ4n) is 4.35. The Morgan fingerprint density at radius 3 is 2.16 bits per heavy atom. The number of nitrogens with zero attached hydrogens (tertiary/aromatic N) is 3. The van der Waals surface area contributed by atoms with Crippen LogP contribution in [0.1, 0.15) is 44.7 Å². The first-order valence-electron chi connectivity index (χ1n) is 13.4. The van der Waals surface area contributed by atoms with Gasteiger partial charge >= 0.3 is 20.6 Å². The molecule has 3 aromatic rings. The highest BCUT2D eigenvalue weighted by molar-refractivity contribution is 8.05. The number of hydrogen-bond donors (Lipinski definition) is 2. The van der Waals surface area contributed by atoms with Gasteiger partial charge in [0.2, 0.25) is 5.52 Å². The van der Waals surface area contributed by atoms with Crippen LogP contribution in [0.4, 0.5) is 14.5 Å². The number of fused-ring (bicyclic) bond motifs is 2. The monoisotopic (exact) mass is 674 g/mol. The Morgan fingerprint density at radius 2 is 1.60 bits per heavy atom. The van der Waals surface area contributed by atoms with Crippen molar-refractivity contribution in [2.24, 2.45) is 0 Å². The first-order valence-corrected chi connectivity index (χ1v) is 17.8. The summed E-state index contributed by atoms with van der Waals surface area (Å²) in [5, 5.41) is 0.211. The number of aromatic nitrogens is 1. The molecule has 15 heteroatoms. The van der Waals surface area contributed by atoms with Crippen molar-refractivity contribution >= 4 is 65.7 Å². The fraction of sp³-hybridized carbons (Fsp3) is 0.321. The van der Waals surface area contributed by atoms with Crippen molar-refractivity contribution in [2.75, 3.05) is 23.9 Å². The SMILES string of the molecule is CCCc1cc(F)cc2sc(C=CC=CC=C3Sc4cc(F)ccc4N3S(=O)(=O)O)[n+](S(=O)(=O)O)c12.CCN(CC)CC. The van der Waals surface area contributed by atoms with Crippen molar-refractivity contribution in [3.63, 3.8) is 0 Å². The van der Waals surface area contributed by atoms with Gasteiger partial charge in [0.1, 0.15) is 16.3 Å². The zero-order valence-corrected chi connectivity index (χ0v) is 27.3. The molecule has 0 amide bonds. The third-order valence-electron chi connectivity index (χ3n) is 6.31. The molecule has 0 atom stereocenters. The van der Waals surface area contributed by atoms with Crippen LogP contribution in [0.3, 0.4) is 0 Å². The number of rotatable bonds is 10. The summed E-state index contributed by atoms with van der Waals surface area (Å²) in [5.74, 6) is -1.08. The molecule has 2 N–H and O–H groups in total. The zero-order valence-electron chi connectivity index (χ0n) is 24.1. The van der Waals surface area contributed by atoms with Gasteiger partial charge in [0, 0.05) is 16.5 Å². The van der Waals surface area contributed by atoms with E-state index in [-0.39, 0.29) is 21.2 Å². The second-order valence-corrected chi connectivity index (χ2v) is 13.8. The summed E-state index contributed by atoms with van der Waals surface area (Å²) in [4.78, 5) is 2.68. The van der Waals surface area contributed by atoms with Gasteiger partial charge in [-0.3, -0.25) is 4.55 Å². The second-order valence-electron chi connectivity index (χ2n) is 9.17. The van der Waals surface area contributed by atoms with Crippen molar-refractivity contribution in [1.29, 1.82) is 0 Å². The lowest BCUT2D eigenvalue weighted by atomic mass is 10.1. The van der Waals surface area contributed by atoms with E-state index < -0.39 is 32.2 Å². The van der Waals surface area contributed by atoms with Crippen molar-refractivity contribution < 1.29 is 38.7 Å². The molecule has 0 saturated carbocycles. The van der Waals surface area contributed by atoms with Gasteiger partial charge in [-0.15, -0.1) is 8.42 Å². The topological polar surface area (TPSA) is 119 Å². The van der Waals surface area contributed by atoms with E-state index in [2.05, 4.69) is 25.7 Å². The minimum atomic E-state index is -4.70. The smallest absolute Gasteiger partial charge is 0.304 e. The number of halogens is 2. The maximum absolute atomic E-state index is 14.1. The highest BCUT2D eigenvalue weighted by atomic mass is 32.2. The summed E-state index contributed by atoms with van der Waals surface area (Å²) >= 11 is 1.91. The molecule has 1 aromatic heterocycles. The van der Waals surface area contributed by atoms with E-state index in [1.807, 2.05) is 6.92 Å². The zero-order chi connectivity index (χ0) is 31.9. The summed E-state index contributed by atoms with van der Waals surface area (Å²) in [6.07, 6.45) is 8.16. The lowest BCUT2D eigenvalue weighted by Gasteiger charge is -2.15. The van der Waals surface area contributed by atoms with Crippen molar-refractivity contribution in [3.05, 3.63) is 81.9 Å². The molecule has 0 radical (unpaired) electrons. The lowest BCUT2D eigenvalue weighted by Crippen LogP contribution is -2.43. The molecule has 43 heavy (non-hydrogen) atoms. The van der Waals surface area contributed by atoms with Crippen LogP contribution in [0.2, 0.25) is 0 Å². The summed E-state index contributed by atoms with van der Waals surface area (Å²) in [6.45, 7) is 12.0. The molecule has 1 aliphatic rings. The van der Waals surface area contributed by atoms with Crippen LogP contribution in [-0.4, -0.2) is 50.5 Å². The summed E-state index contributed by atoms with van der Waals surface area (Å²) in [6, 6.07) is 5.89. The summed E-state index contributed by atoms with van der Waals surface area (Å²) in [7, 11) is -9.37. The Balaban J connectivity index is 0.000000646. The molecule has 2 heterocycles. The third kappa shape index (κ3) is 8.71. The van der Waals surface area contributed by atoms with E-state index >= 15 is 0 Å². The molecule has 0 fully saturated rings. The fourth-order valence-corrected chi connectivity index (χ4v) is 8.71. The van der Waals surface area contributed by atoms with Crippen LogP contribution < -0.4 is 8.28 Å². The Bertz CT molecular complexity index is 1760. The molecule has 2 aromatic carbocycles. The van der Waals surface area contributed by atoms with Crippen LogP contribution in [0.5, 0.6) is 0 Å². The van der Waals surface area contributed by atoms with Crippen LogP contribution in [-0.2, 0) is 27.0 Å². The summed E-state index contributed by atoms with van der Waals surface area (Å²) < 4.78 is 96.9. The van der Waals surface area contributed by atoms with E-state index in [0.717, 1.165) is 39.2 Å².